The quantitative estimate of drug-likeness (QED) is 0.416. The van der Waals surface area contributed by atoms with Crippen molar-refractivity contribution in [2.24, 2.45) is 17.3 Å². The van der Waals surface area contributed by atoms with E-state index in [2.05, 4.69) is 73.1 Å². The number of hydrogen-bond acceptors (Lipinski definition) is 8. The molecule has 10 heteroatoms. The van der Waals surface area contributed by atoms with Crippen LogP contribution in [0.5, 0.6) is 0 Å². The first-order valence-electron chi connectivity index (χ1n) is 17.6. The lowest BCUT2D eigenvalue weighted by atomic mass is 9.82. The van der Waals surface area contributed by atoms with Gasteiger partial charge < -0.3 is 14.2 Å². The molecule has 0 amide bonds. The maximum absolute atomic E-state index is 13.9. The van der Waals surface area contributed by atoms with E-state index in [4.69, 9.17) is 14.2 Å². The molecule has 2 saturated carbocycles. The number of rotatable bonds is 4. The van der Waals surface area contributed by atoms with Crippen LogP contribution in [0, 0.1) is 31.1 Å². The van der Waals surface area contributed by atoms with Crippen LogP contribution < -0.4 is 15.4 Å². The molecule has 6 rings (SSSR count). The Kier molecular flexibility index (Phi) is 10.3. The van der Waals surface area contributed by atoms with Gasteiger partial charge in [-0.15, -0.1) is 0 Å². The van der Waals surface area contributed by atoms with Crippen LogP contribution in [0.1, 0.15) is 108 Å². The fourth-order valence-corrected chi connectivity index (χ4v) is 10.5. The number of aryl methyl sites for hydroxylation is 2. The SMILES string of the molecule is Cc1cccc(C)c1C1CC2NC(N1)NS(=O)(=O)C1CCCC(C1)CN(CC1CCC3(CC1)OCCO3)[C@H](CC(C)(C)C)CO2. The molecule has 3 N–H and O–H groups in total. The van der Waals surface area contributed by atoms with Gasteiger partial charge in [0.15, 0.2) is 5.79 Å². The molecule has 0 radical (unpaired) electrons. The summed E-state index contributed by atoms with van der Waals surface area (Å²) in [5.74, 6) is 0.565. The molecule has 45 heavy (non-hydrogen) atoms. The predicted octanol–water partition coefficient (Wildman–Crippen LogP) is 5.09. The summed E-state index contributed by atoms with van der Waals surface area (Å²) in [5.41, 5.74) is 3.79. The van der Waals surface area contributed by atoms with Crippen molar-refractivity contribution in [1.29, 1.82) is 0 Å². The van der Waals surface area contributed by atoms with Crippen LogP contribution in [0.4, 0.5) is 0 Å². The molecule has 4 bridgehead atoms. The van der Waals surface area contributed by atoms with Gasteiger partial charge >= 0.3 is 0 Å². The molecule has 3 aliphatic heterocycles. The molecule has 5 aliphatic rings. The van der Waals surface area contributed by atoms with Crippen molar-refractivity contribution in [2.75, 3.05) is 32.9 Å². The largest absolute Gasteiger partial charge is 0.362 e. The van der Waals surface area contributed by atoms with E-state index < -0.39 is 16.3 Å². The summed E-state index contributed by atoms with van der Waals surface area (Å²) < 4.78 is 49.7. The van der Waals surface area contributed by atoms with Gasteiger partial charge in [0, 0.05) is 44.4 Å². The Hall–Kier alpha value is -1.11. The third kappa shape index (κ3) is 8.31. The lowest BCUT2D eigenvalue weighted by Gasteiger charge is -2.43. The van der Waals surface area contributed by atoms with Gasteiger partial charge in [-0.05, 0) is 86.3 Å². The fourth-order valence-electron chi connectivity index (χ4n) is 8.85. The summed E-state index contributed by atoms with van der Waals surface area (Å²) in [6.07, 6.45) is 8.45. The number of sulfonamides is 1. The monoisotopic (exact) mass is 646 g/mol. The van der Waals surface area contributed by atoms with Gasteiger partial charge in [-0.1, -0.05) is 45.4 Å². The Morgan fingerprint density at radius 2 is 1.69 bits per heavy atom. The van der Waals surface area contributed by atoms with Gasteiger partial charge in [0.05, 0.1) is 25.1 Å². The van der Waals surface area contributed by atoms with Crippen molar-refractivity contribution in [3.8, 4) is 0 Å². The van der Waals surface area contributed by atoms with Crippen molar-refractivity contribution in [2.45, 2.75) is 134 Å². The molecule has 3 saturated heterocycles. The summed E-state index contributed by atoms with van der Waals surface area (Å²) in [5, 5.41) is 6.72. The minimum absolute atomic E-state index is 0.0267. The Labute approximate surface area is 271 Å². The Morgan fingerprint density at radius 3 is 2.38 bits per heavy atom. The van der Waals surface area contributed by atoms with Crippen LogP contribution in [-0.4, -0.2) is 75.8 Å². The molecule has 0 aromatic heterocycles. The maximum Gasteiger partial charge on any atom is 0.216 e. The summed E-state index contributed by atoms with van der Waals surface area (Å²) >= 11 is 0. The van der Waals surface area contributed by atoms with Gasteiger partial charge in [0.25, 0.3) is 0 Å². The number of benzene rings is 1. The van der Waals surface area contributed by atoms with Crippen LogP contribution in [0.15, 0.2) is 18.2 Å². The molecule has 5 fully saturated rings. The average molecular weight is 647 g/mol. The molecule has 1 aromatic rings. The molecule has 9 nitrogen and oxygen atoms in total. The van der Waals surface area contributed by atoms with Crippen LogP contribution in [0.3, 0.4) is 0 Å². The predicted molar refractivity (Wildman–Crippen MR) is 177 cm³/mol. The molecule has 2 aliphatic carbocycles. The van der Waals surface area contributed by atoms with Crippen LogP contribution >= 0.6 is 0 Å². The van der Waals surface area contributed by atoms with E-state index in [-0.39, 0.29) is 34.8 Å². The first kappa shape index (κ1) is 33.8. The summed E-state index contributed by atoms with van der Waals surface area (Å²) in [7, 11) is -3.55. The molecule has 3 heterocycles. The highest BCUT2D eigenvalue weighted by atomic mass is 32.2. The molecule has 1 spiro atoms. The van der Waals surface area contributed by atoms with Crippen LogP contribution in [-0.2, 0) is 24.2 Å². The van der Waals surface area contributed by atoms with Gasteiger partial charge in [-0.2, -0.15) is 4.72 Å². The lowest BCUT2D eigenvalue weighted by molar-refractivity contribution is -0.183. The molecule has 1 aromatic carbocycles. The normalized spacial score (nSPS) is 35.0. The number of ether oxygens (including phenoxy) is 3. The average Bonchev–Trinajstić information content (AvgIpc) is 3.43. The first-order chi connectivity index (χ1) is 21.4. The highest BCUT2D eigenvalue weighted by Gasteiger charge is 2.43. The van der Waals surface area contributed by atoms with Gasteiger partial charge in [-0.3, -0.25) is 15.5 Å². The highest BCUT2D eigenvalue weighted by molar-refractivity contribution is 7.90. The van der Waals surface area contributed by atoms with Crippen molar-refractivity contribution in [1.82, 2.24) is 20.3 Å². The van der Waals surface area contributed by atoms with E-state index in [0.717, 1.165) is 70.9 Å². The van der Waals surface area contributed by atoms with E-state index in [1.54, 1.807) is 0 Å². The molecule has 6 atom stereocenters. The number of nitrogens with one attached hydrogen (secondary N) is 3. The first-order valence-corrected chi connectivity index (χ1v) is 19.2. The number of hydrogen-bond donors (Lipinski definition) is 3. The van der Waals surface area contributed by atoms with Crippen LogP contribution in [0.2, 0.25) is 0 Å². The Bertz CT molecular complexity index is 1230. The zero-order valence-electron chi connectivity index (χ0n) is 28.3. The van der Waals surface area contributed by atoms with Gasteiger partial charge in [-0.25, -0.2) is 8.42 Å². The molecule has 5 unspecified atom stereocenters. The summed E-state index contributed by atoms with van der Waals surface area (Å²) in [4.78, 5) is 2.71. The topological polar surface area (TPSA) is 101 Å². The fraction of sp³-hybridized carbons (Fsp3) is 0.829. The Balaban J connectivity index is 1.28. The van der Waals surface area contributed by atoms with Crippen molar-refractivity contribution in [3.63, 3.8) is 0 Å². The minimum atomic E-state index is -3.55. The van der Waals surface area contributed by atoms with Crippen molar-refractivity contribution in [3.05, 3.63) is 34.9 Å². The maximum atomic E-state index is 13.9. The third-order valence-electron chi connectivity index (χ3n) is 11.0. The number of nitrogens with zero attached hydrogens (tertiary/aromatic N) is 1. The third-order valence-corrected chi connectivity index (χ3v) is 12.9. The van der Waals surface area contributed by atoms with E-state index in [0.29, 0.717) is 38.1 Å². The minimum Gasteiger partial charge on any atom is -0.362 e. The number of fused-ring (bicyclic) bond motifs is 4. The standard InChI is InChI=1S/C35H58N4O5S/c1-24-8-6-9-25(2)32(24)30-19-31-37-33(36-30)38-45(40,41)29-11-7-10-27(18-29)22-39(28(23-42-31)20-34(3,4)5)21-26-12-14-35(15-13-26)43-16-17-44-35/h6,8-9,26-31,33,36-38H,7,10-23H2,1-5H3/t27?,28-,29?,30?,31?,33?/m1/s1. The van der Waals surface area contributed by atoms with Gasteiger partial charge in [0.2, 0.25) is 10.0 Å². The zero-order chi connectivity index (χ0) is 31.8. The van der Waals surface area contributed by atoms with Crippen LogP contribution in [0.25, 0.3) is 0 Å². The van der Waals surface area contributed by atoms with E-state index in [1.165, 1.54) is 16.7 Å². The van der Waals surface area contributed by atoms with E-state index in [1.807, 2.05) is 0 Å². The van der Waals surface area contributed by atoms with Gasteiger partial charge in [0.1, 0.15) is 12.5 Å². The summed E-state index contributed by atoms with van der Waals surface area (Å²) in [6, 6.07) is 6.59. The molecular formula is C35H58N4O5S. The second-order valence-electron chi connectivity index (χ2n) is 15.9. The second-order valence-corrected chi connectivity index (χ2v) is 17.9. The lowest BCUT2D eigenvalue weighted by Crippen LogP contribution is -2.64. The summed E-state index contributed by atoms with van der Waals surface area (Å²) in [6.45, 7) is 15.2. The van der Waals surface area contributed by atoms with Crippen molar-refractivity contribution >= 4 is 10.0 Å². The molecular weight excluding hydrogens is 588 g/mol. The second kappa shape index (κ2) is 13.8. The highest BCUT2D eigenvalue weighted by Crippen LogP contribution is 2.40. The molecule has 254 valence electrons. The smallest absolute Gasteiger partial charge is 0.216 e. The van der Waals surface area contributed by atoms with E-state index >= 15 is 0 Å². The Morgan fingerprint density at radius 1 is 0.978 bits per heavy atom. The zero-order valence-corrected chi connectivity index (χ0v) is 29.1. The van der Waals surface area contributed by atoms with Crippen molar-refractivity contribution < 1.29 is 22.6 Å². The van der Waals surface area contributed by atoms with E-state index in [9.17, 15) is 8.42 Å².